The minimum absolute atomic E-state index is 0.00397. The molecule has 1 fully saturated rings. The van der Waals surface area contributed by atoms with Crippen LogP contribution < -0.4 is 15.4 Å². The van der Waals surface area contributed by atoms with Gasteiger partial charge in [-0.25, -0.2) is 4.79 Å². The van der Waals surface area contributed by atoms with E-state index >= 15 is 0 Å². The Kier molecular flexibility index (Phi) is 6.41. The Labute approximate surface area is 161 Å². The van der Waals surface area contributed by atoms with Crippen molar-refractivity contribution in [3.8, 4) is 5.75 Å². The molecule has 1 aliphatic rings. The number of ether oxygens (including phenoxy) is 1. The number of piperidine rings is 1. The molecule has 8 heteroatoms. The number of halogens is 2. The lowest BCUT2D eigenvalue weighted by molar-refractivity contribution is -0.0498. The second-order valence-corrected chi connectivity index (χ2v) is 6.43. The average Bonchev–Trinajstić information content (AvgIpc) is 2.69. The van der Waals surface area contributed by atoms with Gasteiger partial charge in [0.25, 0.3) is 5.91 Å². The van der Waals surface area contributed by atoms with Gasteiger partial charge in [0.2, 0.25) is 0 Å². The lowest BCUT2D eigenvalue weighted by Gasteiger charge is -2.32. The van der Waals surface area contributed by atoms with Crippen LogP contribution in [0, 0.1) is 0 Å². The smallest absolute Gasteiger partial charge is 0.387 e. The second-order valence-electron chi connectivity index (χ2n) is 6.43. The maximum atomic E-state index is 12.3. The topological polar surface area (TPSA) is 70.7 Å². The molecule has 0 aliphatic carbocycles. The van der Waals surface area contributed by atoms with E-state index in [9.17, 15) is 18.4 Å². The van der Waals surface area contributed by atoms with E-state index in [4.69, 9.17) is 0 Å². The number of hydrogen-bond acceptors (Lipinski definition) is 3. The van der Waals surface area contributed by atoms with Gasteiger partial charge in [0.1, 0.15) is 5.75 Å². The number of anilines is 1. The Bertz CT molecular complexity index is 792. The molecule has 0 saturated carbocycles. The molecule has 2 aromatic rings. The monoisotopic (exact) mass is 389 g/mol. The van der Waals surface area contributed by atoms with Gasteiger partial charge in [-0.2, -0.15) is 8.78 Å². The lowest BCUT2D eigenvalue weighted by atomic mass is 10.0. The Balaban J connectivity index is 1.46. The van der Waals surface area contributed by atoms with Crippen LogP contribution >= 0.6 is 0 Å². The molecule has 3 rings (SSSR count). The zero-order valence-electron chi connectivity index (χ0n) is 15.1. The van der Waals surface area contributed by atoms with Crippen molar-refractivity contribution in [1.29, 1.82) is 0 Å². The molecule has 0 aromatic heterocycles. The summed E-state index contributed by atoms with van der Waals surface area (Å²) in [6.07, 6.45) is 1.28. The minimum Gasteiger partial charge on any atom is -0.435 e. The Morgan fingerprint density at radius 3 is 2.25 bits per heavy atom. The molecule has 28 heavy (non-hydrogen) atoms. The van der Waals surface area contributed by atoms with Crippen LogP contribution in [-0.4, -0.2) is 42.6 Å². The molecule has 1 saturated heterocycles. The van der Waals surface area contributed by atoms with Gasteiger partial charge < -0.3 is 20.3 Å². The number of amides is 3. The molecule has 148 valence electrons. The number of hydrogen-bond donors (Lipinski definition) is 2. The zero-order chi connectivity index (χ0) is 19.9. The van der Waals surface area contributed by atoms with Gasteiger partial charge in [0.05, 0.1) is 0 Å². The summed E-state index contributed by atoms with van der Waals surface area (Å²) >= 11 is 0. The number of carbonyl (C=O) groups excluding carboxylic acids is 2. The first-order chi connectivity index (χ1) is 13.5. The molecule has 0 bridgehead atoms. The largest absolute Gasteiger partial charge is 0.435 e. The summed E-state index contributed by atoms with van der Waals surface area (Å²) in [5.41, 5.74) is 1.10. The van der Waals surface area contributed by atoms with E-state index in [1.807, 2.05) is 30.3 Å². The Morgan fingerprint density at radius 1 is 1.00 bits per heavy atom. The van der Waals surface area contributed by atoms with Crippen LogP contribution in [0.15, 0.2) is 54.6 Å². The van der Waals surface area contributed by atoms with Crippen LogP contribution in [0.4, 0.5) is 19.3 Å². The number of rotatable bonds is 5. The van der Waals surface area contributed by atoms with Gasteiger partial charge in [-0.1, -0.05) is 18.2 Å². The summed E-state index contributed by atoms with van der Waals surface area (Å²) < 4.78 is 28.6. The standard InChI is InChI=1S/C20H21F2N3O3/c21-19(22)28-17-8-6-14(7-9-17)18(26)23-16-10-12-25(13-11-16)20(27)24-15-4-2-1-3-5-15/h1-9,16,19H,10-13H2,(H,23,26)(H,24,27). The predicted molar refractivity (Wildman–Crippen MR) is 101 cm³/mol. The van der Waals surface area contributed by atoms with Gasteiger partial charge in [-0.3, -0.25) is 4.79 Å². The molecule has 1 aliphatic heterocycles. The molecule has 0 radical (unpaired) electrons. The minimum atomic E-state index is -2.90. The van der Waals surface area contributed by atoms with Crippen molar-refractivity contribution >= 4 is 17.6 Å². The number of benzene rings is 2. The van der Waals surface area contributed by atoms with Crippen molar-refractivity contribution in [2.45, 2.75) is 25.5 Å². The van der Waals surface area contributed by atoms with Crippen LogP contribution in [0.2, 0.25) is 0 Å². The first-order valence-corrected chi connectivity index (χ1v) is 8.98. The average molecular weight is 389 g/mol. The van der Waals surface area contributed by atoms with E-state index in [0.29, 0.717) is 31.5 Å². The first kappa shape index (κ1) is 19.6. The van der Waals surface area contributed by atoms with E-state index < -0.39 is 6.61 Å². The zero-order valence-corrected chi connectivity index (χ0v) is 15.1. The van der Waals surface area contributed by atoms with E-state index in [1.165, 1.54) is 24.3 Å². The van der Waals surface area contributed by atoms with Crippen molar-refractivity contribution in [3.05, 3.63) is 60.2 Å². The number of nitrogens with one attached hydrogen (secondary N) is 2. The summed E-state index contributed by atoms with van der Waals surface area (Å²) in [6.45, 7) is -1.83. The highest BCUT2D eigenvalue weighted by Gasteiger charge is 2.24. The number of para-hydroxylation sites is 1. The third-order valence-electron chi connectivity index (χ3n) is 4.48. The Hall–Kier alpha value is -3.16. The molecule has 0 unspecified atom stereocenters. The number of alkyl halides is 2. The van der Waals surface area contributed by atoms with Gasteiger partial charge in [0, 0.05) is 30.4 Å². The molecule has 6 nitrogen and oxygen atoms in total. The van der Waals surface area contributed by atoms with Crippen LogP contribution in [0.25, 0.3) is 0 Å². The van der Waals surface area contributed by atoms with Crippen molar-refractivity contribution in [2.75, 3.05) is 18.4 Å². The SMILES string of the molecule is O=C(NC1CCN(C(=O)Nc2ccccc2)CC1)c1ccc(OC(F)F)cc1. The quantitative estimate of drug-likeness (QED) is 0.819. The third kappa shape index (κ3) is 5.42. The highest BCUT2D eigenvalue weighted by Crippen LogP contribution is 2.17. The Morgan fingerprint density at radius 2 is 1.64 bits per heavy atom. The van der Waals surface area contributed by atoms with E-state index in [2.05, 4.69) is 15.4 Å². The molecule has 0 spiro atoms. The van der Waals surface area contributed by atoms with E-state index in [-0.39, 0.29) is 23.7 Å². The number of carbonyl (C=O) groups is 2. The molecule has 3 amide bonds. The molecular formula is C20H21F2N3O3. The summed E-state index contributed by atoms with van der Waals surface area (Å²) in [5.74, 6) is -0.278. The van der Waals surface area contributed by atoms with Crippen LogP contribution in [0.3, 0.4) is 0 Å². The number of likely N-dealkylation sites (tertiary alicyclic amines) is 1. The number of nitrogens with zero attached hydrogens (tertiary/aromatic N) is 1. The summed E-state index contributed by atoms with van der Waals surface area (Å²) in [7, 11) is 0. The van der Waals surface area contributed by atoms with Crippen molar-refractivity contribution in [1.82, 2.24) is 10.2 Å². The normalized spacial score (nSPS) is 14.6. The van der Waals surface area contributed by atoms with Gasteiger partial charge in [-0.05, 0) is 49.2 Å². The highest BCUT2D eigenvalue weighted by atomic mass is 19.3. The molecule has 2 N–H and O–H groups in total. The maximum absolute atomic E-state index is 12.3. The predicted octanol–water partition coefficient (Wildman–Crippen LogP) is 3.71. The van der Waals surface area contributed by atoms with Crippen LogP contribution in [0.5, 0.6) is 5.75 Å². The van der Waals surface area contributed by atoms with Gasteiger partial charge >= 0.3 is 12.6 Å². The van der Waals surface area contributed by atoms with Gasteiger partial charge in [-0.15, -0.1) is 0 Å². The fourth-order valence-corrected chi connectivity index (χ4v) is 3.01. The first-order valence-electron chi connectivity index (χ1n) is 8.98. The molecule has 1 heterocycles. The summed E-state index contributed by atoms with van der Waals surface area (Å²) in [4.78, 5) is 26.3. The number of urea groups is 1. The highest BCUT2D eigenvalue weighted by molar-refractivity contribution is 5.94. The maximum Gasteiger partial charge on any atom is 0.387 e. The van der Waals surface area contributed by atoms with E-state index in [0.717, 1.165) is 5.69 Å². The molecule has 0 atom stereocenters. The summed E-state index contributed by atoms with van der Waals surface area (Å²) in [6, 6.07) is 14.6. The van der Waals surface area contributed by atoms with Crippen LogP contribution in [-0.2, 0) is 0 Å². The van der Waals surface area contributed by atoms with Crippen molar-refractivity contribution in [2.24, 2.45) is 0 Å². The molecular weight excluding hydrogens is 368 g/mol. The lowest BCUT2D eigenvalue weighted by Crippen LogP contribution is -2.47. The fraction of sp³-hybridized carbons (Fsp3) is 0.300. The van der Waals surface area contributed by atoms with Crippen molar-refractivity contribution < 1.29 is 23.1 Å². The van der Waals surface area contributed by atoms with Gasteiger partial charge in [0.15, 0.2) is 0 Å². The fourth-order valence-electron chi connectivity index (χ4n) is 3.01. The second kappa shape index (κ2) is 9.16. The van der Waals surface area contributed by atoms with E-state index in [1.54, 1.807) is 4.90 Å². The summed E-state index contributed by atoms with van der Waals surface area (Å²) in [5, 5.41) is 5.76. The molecule has 2 aromatic carbocycles. The van der Waals surface area contributed by atoms with Crippen LogP contribution in [0.1, 0.15) is 23.2 Å². The third-order valence-corrected chi connectivity index (χ3v) is 4.48. The van der Waals surface area contributed by atoms with Crippen molar-refractivity contribution in [3.63, 3.8) is 0 Å².